The van der Waals surface area contributed by atoms with Crippen LogP contribution in [0.5, 0.6) is 5.75 Å². The molecular weight excluding hydrogens is 341 g/mol. The first-order valence-corrected chi connectivity index (χ1v) is 8.20. The molecule has 0 atom stereocenters. The molecule has 2 nitrogen and oxygen atoms in total. The van der Waals surface area contributed by atoms with Crippen molar-refractivity contribution in [2.24, 2.45) is 0 Å². The molecule has 0 unspecified atom stereocenters. The average molecular weight is 356 g/mol. The summed E-state index contributed by atoms with van der Waals surface area (Å²) in [4.78, 5) is 0. The Labute approximate surface area is 151 Å². The SMILES string of the molecule is N=C(c1ccc(OCc2ccccc2)cc1)c1ccc(Cl)cc1Cl. The van der Waals surface area contributed by atoms with Gasteiger partial charge in [-0.1, -0.05) is 53.5 Å². The van der Waals surface area contributed by atoms with Gasteiger partial charge in [-0.3, -0.25) is 5.41 Å². The molecule has 0 aromatic heterocycles. The zero-order valence-corrected chi connectivity index (χ0v) is 14.3. The van der Waals surface area contributed by atoms with E-state index >= 15 is 0 Å². The highest BCUT2D eigenvalue weighted by molar-refractivity contribution is 6.37. The minimum absolute atomic E-state index is 0.353. The van der Waals surface area contributed by atoms with Gasteiger partial charge in [0, 0.05) is 16.1 Å². The molecule has 0 aliphatic carbocycles. The fourth-order valence-corrected chi connectivity index (χ4v) is 2.81. The fraction of sp³-hybridized carbons (Fsp3) is 0.0500. The molecule has 24 heavy (non-hydrogen) atoms. The Morgan fingerprint density at radius 2 is 1.58 bits per heavy atom. The van der Waals surface area contributed by atoms with Crippen molar-refractivity contribution in [2.75, 3.05) is 0 Å². The van der Waals surface area contributed by atoms with Crippen LogP contribution in [0.3, 0.4) is 0 Å². The molecule has 0 saturated heterocycles. The maximum absolute atomic E-state index is 8.32. The molecule has 3 aromatic rings. The first-order valence-electron chi connectivity index (χ1n) is 7.44. The van der Waals surface area contributed by atoms with Gasteiger partial charge in [-0.2, -0.15) is 0 Å². The van der Waals surface area contributed by atoms with Gasteiger partial charge in [-0.25, -0.2) is 0 Å². The molecule has 3 rings (SSSR count). The molecule has 4 heteroatoms. The molecule has 0 spiro atoms. The summed E-state index contributed by atoms with van der Waals surface area (Å²) in [6.07, 6.45) is 0. The van der Waals surface area contributed by atoms with Gasteiger partial charge >= 0.3 is 0 Å². The van der Waals surface area contributed by atoms with Crippen molar-refractivity contribution in [2.45, 2.75) is 6.61 Å². The molecule has 120 valence electrons. The number of hydrogen-bond donors (Lipinski definition) is 1. The highest BCUT2D eigenvalue weighted by Gasteiger charge is 2.09. The van der Waals surface area contributed by atoms with Gasteiger partial charge < -0.3 is 4.74 Å². The average Bonchev–Trinajstić information content (AvgIpc) is 2.61. The van der Waals surface area contributed by atoms with Crippen LogP contribution >= 0.6 is 23.2 Å². The van der Waals surface area contributed by atoms with Crippen molar-refractivity contribution in [3.8, 4) is 5.75 Å². The minimum Gasteiger partial charge on any atom is -0.489 e. The predicted octanol–water partition coefficient (Wildman–Crippen LogP) is 5.99. The van der Waals surface area contributed by atoms with Crippen molar-refractivity contribution in [1.82, 2.24) is 0 Å². The highest BCUT2D eigenvalue weighted by atomic mass is 35.5. The number of halogens is 2. The summed E-state index contributed by atoms with van der Waals surface area (Å²) in [7, 11) is 0. The van der Waals surface area contributed by atoms with E-state index in [1.807, 2.05) is 54.6 Å². The number of ether oxygens (including phenoxy) is 1. The van der Waals surface area contributed by atoms with Crippen LogP contribution in [0.4, 0.5) is 0 Å². The number of benzene rings is 3. The van der Waals surface area contributed by atoms with Crippen LogP contribution in [0.25, 0.3) is 0 Å². The summed E-state index contributed by atoms with van der Waals surface area (Å²) < 4.78 is 5.76. The van der Waals surface area contributed by atoms with Crippen LogP contribution in [-0.2, 0) is 6.61 Å². The molecule has 0 aliphatic rings. The summed E-state index contributed by atoms with van der Waals surface area (Å²) in [6, 6.07) is 22.5. The lowest BCUT2D eigenvalue weighted by molar-refractivity contribution is 0.306. The molecular formula is C20H15Cl2NO. The standard InChI is InChI=1S/C20H15Cl2NO/c21-16-8-11-18(19(22)12-16)20(23)15-6-9-17(10-7-15)24-13-14-4-2-1-3-5-14/h1-12,23H,13H2. The smallest absolute Gasteiger partial charge is 0.119 e. The van der Waals surface area contributed by atoms with Gasteiger partial charge in [-0.05, 0) is 48.0 Å². The van der Waals surface area contributed by atoms with Crippen molar-refractivity contribution in [3.63, 3.8) is 0 Å². The van der Waals surface area contributed by atoms with Crippen LogP contribution in [0, 0.1) is 5.41 Å². The number of hydrogen-bond acceptors (Lipinski definition) is 2. The Morgan fingerprint density at radius 1 is 0.875 bits per heavy atom. The maximum Gasteiger partial charge on any atom is 0.119 e. The van der Waals surface area contributed by atoms with Crippen molar-refractivity contribution >= 4 is 28.9 Å². The lowest BCUT2D eigenvalue weighted by Gasteiger charge is -2.09. The second-order valence-corrected chi connectivity index (χ2v) is 6.14. The Hall–Kier alpha value is -2.29. The molecule has 0 fully saturated rings. The van der Waals surface area contributed by atoms with E-state index in [4.69, 9.17) is 33.3 Å². The Bertz CT molecular complexity index is 845. The Balaban J connectivity index is 1.71. The third-order valence-corrected chi connectivity index (χ3v) is 4.14. The summed E-state index contributed by atoms with van der Waals surface area (Å²) in [5, 5.41) is 9.35. The predicted molar refractivity (Wildman–Crippen MR) is 99.6 cm³/mol. The molecule has 0 saturated carbocycles. The van der Waals surface area contributed by atoms with Gasteiger partial charge in [-0.15, -0.1) is 0 Å². The minimum atomic E-state index is 0.353. The van der Waals surface area contributed by atoms with E-state index in [2.05, 4.69) is 0 Å². The van der Waals surface area contributed by atoms with E-state index in [-0.39, 0.29) is 0 Å². The maximum atomic E-state index is 8.32. The van der Waals surface area contributed by atoms with Crippen LogP contribution in [0.1, 0.15) is 16.7 Å². The highest BCUT2D eigenvalue weighted by Crippen LogP contribution is 2.24. The van der Waals surface area contributed by atoms with E-state index in [9.17, 15) is 0 Å². The monoisotopic (exact) mass is 355 g/mol. The second-order valence-electron chi connectivity index (χ2n) is 5.30. The molecule has 3 aromatic carbocycles. The zero-order chi connectivity index (χ0) is 16.9. The Kier molecular flexibility index (Phi) is 5.19. The van der Waals surface area contributed by atoms with E-state index in [1.165, 1.54) is 0 Å². The fourth-order valence-electron chi connectivity index (χ4n) is 2.31. The summed E-state index contributed by atoms with van der Waals surface area (Å²) in [6.45, 7) is 0.515. The molecule has 0 aliphatic heterocycles. The Morgan fingerprint density at radius 3 is 2.25 bits per heavy atom. The van der Waals surface area contributed by atoms with Gasteiger partial charge in [0.1, 0.15) is 12.4 Å². The number of nitrogens with one attached hydrogen (secondary N) is 1. The van der Waals surface area contributed by atoms with E-state index < -0.39 is 0 Å². The third-order valence-electron chi connectivity index (χ3n) is 3.59. The lowest BCUT2D eigenvalue weighted by Crippen LogP contribution is -2.02. The topological polar surface area (TPSA) is 33.1 Å². The van der Waals surface area contributed by atoms with Gasteiger partial charge in [0.2, 0.25) is 0 Å². The third kappa shape index (κ3) is 3.97. The van der Waals surface area contributed by atoms with Crippen molar-refractivity contribution in [1.29, 1.82) is 5.41 Å². The quantitative estimate of drug-likeness (QED) is 0.560. The summed E-state index contributed by atoms with van der Waals surface area (Å²) in [5.41, 5.74) is 2.89. The van der Waals surface area contributed by atoms with Gasteiger partial charge in [0.25, 0.3) is 0 Å². The van der Waals surface area contributed by atoms with Crippen LogP contribution in [0.2, 0.25) is 10.0 Å². The number of rotatable bonds is 5. The normalized spacial score (nSPS) is 10.4. The molecule has 0 radical (unpaired) electrons. The van der Waals surface area contributed by atoms with Crippen molar-refractivity contribution < 1.29 is 4.74 Å². The molecule has 0 amide bonds. The summed E-state index contributed by atoms with van der Waals surface area (Å²) >= 11 is 12.1. The summed E-state index contributed by atoms with van der Waals surface area (Å²) in [5.74, 6) is 0.762. The second kappa shape index (κ2) is 7.52. The zero-order valence-electron chi connectivity index (χ0n) is 12.8. The first-order chi connectivity index (χ1) is 11.6. The van der Waals surface area contributed by atoms with Crippen molar-refractivity contribution in [3.05, 3.63) is 99.5 Å². The lowest BCUT2D eigenvalue weighted by atomic mass is 10.0. The molecule has 0 heterocycles. The van der Waals surface area contributed by atoms with Crippen LogP contribution in [0.15, 0.2) is 72.8 Å². The van der Waals surface area contributed by atoms with Crippen LogP contribution < -0.4 is 4.74 Å². The van der Waals surface area contributed by atoms with Gasteiger partial charge in [0.05, 0.1) is 10.7 Å². The van der Waals surface area contributed by atoms with Crippen LogP contribution in [-0.4, -0.2) is 5.71 Å². The molecule has 1 N–H and O–H groups in total. The van der Waals surface area contributed by atoms with E-state index in [0.717, 1.165) is 16.9 Å². The molecule has 0 bridgehead atoms. The largest absolute Gasteiger partial charge is 0.489 e. The first kappa shape index (κ1) is 16.6. The van der Waals surface area contributed by atoms with E-state index in [0.29, 0.717) is 27.9 Å². The van der Waals surface area contributed by atoms with Gasteiger partial charge in [0.15, 0.2) is 0 Å². The van der Waals surface area contributed by atoms with E-state index in [1.54, 1.807) is 18.2 Å².